The number of carbonyl (C=O) groups excluding carboxylic acids is 1. The molecule has 4 rings (SSSR count). The van der Waals surface area contributed by atoms with Crippen LogP contribution in [0.1, 0.15) is 86.2 Å². The van der Waals surface area contributed by atoms with E-state index < -0.39 is 0 Å². The highest BCUT2D eigenvalue weighted by Gasteiger charge is 2.29. The van der Waals surface area contributed by atoms with Crippen molar-refractivity contribution in [1.82, 2.24) is 9.80 Å². The lowest BCUT2D eigenvalue weighted by Crippen LogP contribution is -2.49. The number of amides is 1. The van der Waals surface area contributed by atoms with Gasteiger partial charge in [0.05, 0.1) is 0 Å². The summed E-state index contributed by atoms with van der Waals surface area (Å²) in [6, 6.07) is 7.20. The second-order valence-electron chi connectivity index (χ2n) is 10.6. The topological polar surface area (TPSA) is 49.6 Å². The van der Waals surface area contributed by atoms with Gasteiger partial charge in [0.15, 0.2) is 0 Å². The highest BCUT2D eigenvalue weighted by molar-refractivity contribution is 5.98. The van der Waals surface area contributed by atoms with Gasteiger partial charge in [0.2, 0.25) is 5.91 Å². The molecule has 0 radical (unpaired) electrons. The maximum Gasteiger partial charge on any atom is 0.249 e. The van der Waals surface area contributed by atoms with Crippen molar-refractivity contribution in [2.75, 3.05) is 33.2 Å². The lowest BCUT2D eigenvalue weighted by atomic mass is 9.75. The van der Waals surface area contributed by atoms with Crippen molar-refractivity contribution in [2.45, 2.75) is 70.8 Å². The highest BCUT2D eigenvalue weighted by atomic mass is 16.1. The van der Waals surface area contributed by atoms with Crippen LogP contribution in [0.15, 0.2) is 24.3 Å². The van der Waals surface area contributed by atoms with Gasteiger partial charge in [-0.05, 0) is 86.1 Å². The quantitative estimate of drug-likeness (QED) is 0.787. The predicted octanol–water partition coefficient (Wildman–Crippen LogP) is 4.65. The third kappa shape index (κ3) is 4.81. The summed E-state index contributed by atoms with van der Waals surface area (Å²) >= 11 is 0. The molecule has 3 aliphatic rings. The summed E-state index contributed by atoms with van der Waals surface area (Å²) in [5, 5.41) is 0. The molecule has 0 aromatic heterocycles. The number of hydrogen-bond donors (Lipinski definition) is 1. The minimum atomic E-state index is -0.305. The van der Waals surface area contributed by atoms with Gasteiger partial charge in [-0.25, -0.2) is 0 Å². The Kier molecular flexibility index (Phi) is 6.36. The number of nitrogens with zero attached hydrogens (tertiary/aromatic N) is 2. The fourth-order valence-corrected chi connectivity index (χ4v) is 5.58. The molecule has 1 aromatic carbocycles. The molecular formula is C26H39N3O. The Hall–Kier alpha value is -1.65. The summed E-state index contributed by atoms with van der Waals surface area (Å²) in [7, 11) is 2.23. The monoisotopic (exact) mass is 409 g/mol. The van der Waals surface area contributed by atoms with Gasteiger partial charge in [-0.2, -0.15) is 0 Å². The van der Waals surface area contributed by atoms with Crippen LogP contribution in [-0.4, -0.2) is 55.0 Å². The summed E-state index contributed by atoms with van der Waals surface area (Å²) in [5.74, 6) is 0.302. The van der Waals surface area contributed by atoms with Crippen LogP contribution in [-0.2, 0) is 0 Å². The van der Waals surface area contributed by atoms with Gasteiger partial charge in [-0.3, -0.25) is 9.69 Å². The Balaban J connectivity index is 1.47. The molecule has 4 heteroatoms. The number of hydrogen-bond acceptors (Lipinski definition) is 3. The standard InChI is InChI=1S/C26H39N3O/c1-26(2)12-10-20(11-13-26)24-18-21(6-9-23(24)25(27)30)19-4-7-22(8-5-19)29-16-14-28(3)15-17-29/h6,9-10,18-19,22H,4-5,7-8,11-17H2,1-3H3,(H2,27,30). The first kappa shape index (κ1) is 21.6. The van der Waals surface area contributed by atoms with Gasteiger partial charge in [-0.15, -0.1) is 0 Å². The molecule has 0 bridgehead atoms. The molecule has 0 atom stereocenters. The van der Waals surface area contributed by atoms with E-state index in [2.05, 4.69) is 48.9 Å². The molecule has 4 nitrogen and oxygen atoms in total. The van der Waals surface area contributed by atoms with E-state index in [1.165, 1.54) is 63.0 Å². The van der Waals surface area contributed by atoms with Crippen LogP contribution in [0, 0.1) is 5.41 Å². The minimum absolute atomic E-state index is 0.305. The van der Waals surface area contributed by atoms with Gasteiger partial charge < -0.3 is 10.6 Å². The summed E-state index contributed by atoms with van der Waals surface area (Å²) < 4.78 is 0. The van der Waals surface area contributed by atoms with E-state index >= 15 is 0 Å². The van der Waals surface area contributed by atoms with Gasteiger partial charge >= 0.3 is 0 Å². The van der Waals surface area contributed by atoms with E-state index in [-0.39, 0.29) is 5.91 Å². The largest absolute Gasteiger partial charge is 0.366 e. The average Bonchev–Trinajstić information content (AvgIpc) is 2.74. The molecule has 30 heavy (non-hydrogen) atoms. The highest BCUT2D eigenvalue weighted by Crippen LogP contribution is 2.41. The Morgan fingerprint density at radius 2 is 1.77 bits per heavy atom. The molecule has 164 valence electrons. The van der Waals surface area contributed by atoms with Crippen molar-refractivity contribution in [2.24, 2.45) is 11.1 Å². The summed E-state index contributed by atoms with van der Waals surface area (Å²) in [6.45, 7) is 9.48. The molecule has 1 saturated carbocycles. The van der Waals surface area contributed by atoms with E-state index in [0.717, 1.165) is 30.9 Å². The fraction of sp³-hybridized carbons (Fsp3) is 0.654. The van der Waals surface area contributed by atoms with Crippen molar-refractivity contribution in [3.63, 3.8) is 0 Å². The Labute approximate surface area is 182 Å². The predicted molar refractivity (Wildman–Crippen MR) is 125 cm³/mol. The average molecular weight is 410 g/mol. The first-order valence-corrected chi connectivity index (χ1v) is 11.9. The van der Waals surface area contributed by atoms with Crippen molar-refractivity contribution in [3.05, 3.63) is 41.0 Å². The van der Waals surface area contributed by atoms with Gasteiger partial charge in [0, 0.05) is 37.8 Å². The molecule has 0 unspecified atom stereocenters. The lowest BCUT2D eigenvalue weighted by Gasteiger charge is -2.41. The summed E-state index contributed by atoms with van der Waals surface area (Å²) in [5.41, 5.74) is 10.6. The Bertz CT molecular complexity index is 796. The van der Waals surface area contributed by atoms with E-state index in [1.807, 2.05) is 6.07 Å². The van der Waals surface area contributed by atoms with Crippen molar-refractivity contribution in [1.29, 1.82) is 0 Å². The number of allylic oxidation sites excluding steroid dienone is 2. The van der Waals surface area contributed by atoms with Crippen LogP contribution in [0.4, 0.5) is 0 Å². The van der Waals surface area contributed by atoms with Crippen molar-refractivity contribution >= 4 is 11.5 Å². The maximum absolute atomic E-state index is 12.1. The number of carbonyl (C=O) groups is 1. The van der Waals surface area contributed by atoms with E-state index in [4.69, 9.17) is 5.73 Å². The molecule has 1 amide bonds. The lowest BCUT2D eigenvalue weighted by molar-refractivity contribution is 0.0878. The van der Waals surface area contributed by atoms with Crippen molar-refractivity contribution < 1.29 is 4.79 Å². The van der Waals surface area contributed by atoms with Crippen LogP contribution in [0.25, 0.3) is 5.57 Å². The third-order valence-corrected chi connectivity index (χ3v) is 7.85. The molecule has 0 spiro atoms. The van der Waals surface area contributed by atoms with E-state index in [0.29, 0.717) is 16.9 Å². The maximum atomic E-state index is 12.1. The van der Waals surface area contributed by atoms with Crippen LogP contribution >= 0.6 is 0 Å². The molecule has 1 saturated heterocycles. The number of rotatable bonds is 4. The molecule has 1 aromatic rings. The SMILES string of the molecule is CN1CCN(C2CCC(c3ccc(C(N)=O)c(C4=CCC(C)(C)CC4)c3)CC2)CC1. The summed E-state index contributed by atoms with van der Waals surface area (Å²) in [4.78, 5) is 17.3. The van der Waals surface area contributed by atoms with Crippen LogP contribution in [0.3, 0.4) is 0 Å². The first-order valence-electron chi connectivity index (χ1n) is 11.9. The summed E-state index contributed by atoms with van der Waals surface area (Å²) in [6.07, 6.45) is 10.7. The second kappa shape index (κ2) is 8.84. The van der Waals surface area contributed by atoms with Crippen LogP contribution < -0.4 is 5.73 Å². The molecule has 1 aliphatic heterocycles. The molecular weight excluding hydrogens is 370 g/mol. The molecule has 2 N–H and O–H groups in total. The number of piperazine rings is 1. The Morgan fingerprint density at radius 1 is 1.07 bits per heavy atom. The second-order valence-corrected chi connectivity index (χ2v) is 10.6. The Morgan fingerprint density at radius 3 is 2.37 bits per heavy atom. The number of nitrogens with two attached hydrogens (primary N) is 1. The molecule has 2 aliphatic carbocycles. The van der Waals surface area contributed by atoms with E-state index in [9.17, 15) is 4.79 Å². The number of primary amides is 1. The van der Waals surface area contributed by atoms with Crippen LogP contribution in [0.2, 0.25) is 0 Å². The zero-order valence-corrected chi connectivity index (χ0v) is 19.1. The van der Waals surface area contributed by atoms with Crippen LogP contribution in [0.5, 0.6) is 0 Å². The number of benzene rings is 1. The third-order valence-electron chi connectivity index (χ3n) is 7.85. The minimum Gasteiger partial charge on any atom is -0.366 e. The van der Waals surface area contributed by atoms with E-state index in [1.54, 1.807) is 0 Å². The zero-order valence-electron chi connectivity index (χ0n) is 19.1. The normalized spacial score (nSPS) is 28.2. The first-order chi connectivity index (χ1) is 14.3. The molecule has 2 fully saturated rings. The number of likely N-dealkylation sites (N-methyl/N-ethyl adjacent to an activating group) is 1. The smallest absolute Gasteiger partial charge is 0.249 e. The van der Waals surface area contributed by atoms with Gasteiger partial charge in [-0.1, -0.05) is 32.1 Å². The zero-order chi connectivity index (χ0) is 21.3. The molecule has 1 heterocycles. The van der Waals surface area contributed by atoms with Gasteiger partial charge in [0.25, 0.3) is 0 Å². The van der Waals surface area contributed by atoms with Gasteiger partial charge in [0.1, 0.15) is 0 Å². The fourth-order valence-electron chi connectivity index (χ4n) is 5.58. The van der Waals surface area contributed by atoms with Crippen molar-refractivity contribution in [3.8, 4) is 0 Å².